The Kier molecular flexibility index (Phi) is 3.27. The molecule has 2 N–H and O–H groups in total. The molecule has 0 aromatic heterocycles. The summed E-state index contributed by atoms with van der Waals surface area (Å²) in [5.74, 6) is 0.407. The van der Waals surface area contributed by atoms with Crippen LogP contribution in [0.2, 0.25) is 5.02 Å². The molecule has 15 heavy (non-hydrogen) atoms. The van der Waals surface area contributed by atoms with Crippen LogP contribution in [0, 0.1) is 11.7 Å². The standard InChI is InChI=1S/C12H15ClFN/c13-9-4-5-10(11(14)7-9)12(15)6-8-2-1-3-8/h4-5,7-8,12H,1-3,6,15H2. The van der Waals surface area contributed by atoms with Crippen LogP contribution < -0.4 is 5.73 Å². The van der Waals surface area contributed by atoms with Gasteiger partial charge in [0.15, 0.2) is 0 Å². The van der Waals surface area contributed by atoms with Crippen molar-refractivity contribution in [3.05, 3.63) is 34.6 Å². The van der Waals surface area contributed by atoms with E-state index in [1.54, 1.807) is 12.1 Å². The van der Waals surface area contributed by atoms with Crippen LogP contribution in [0.4, 0.5) is 4.39 Å². The van der Waals surface area contributed by atoms with Gasteiger partial charge in [-0.3, -0.25) is 0 Å². The number of halogens is 2. The highest BCUT2D eigenvalue weighted by Crippen LogP contribution is 2.34. The summed E-state index contributed by atoms with van der Waals surface area (Å²) < 4.78 is 13.5. The molecule has 0 saturated heterocycles. The summed E-state index contributed by atoms with van der Waals surface area (Å²) in [6.45, 7) is 0. The quantitative estimate of drug-likeness (QED) is 0.838. The van der Waals surface area contributed by atoms with Gasteiger partial charge in [0, 0.05) is 16.6 Å². The lowest BCUT2D eigenvalue weighted by Crippen LogP contribution is -2.20. The second kappa shape index (κ2) is 4.50. The summed E-state index contributed by atoms with van der Waals surface area (Å²) >= 11 is 5.69. The fourth-order valence-electron chi connectivity index (χ4n) is 2.02. The SMILES string of the molecule is NC(CC1CCC1)c1ccc(Cl)cc1F. The van der Waals surface area contributed by atoms with Gasteiger partial charge >= 0.3 is 0 Å². The van der Waals surface area contributed by atoms with Gasteiger partial charge in [-0.2, -0.15) is 0 Å². The Morgan fingerprint density at radius 1 is 1.47 bits per heavy atom. The summed E-state index contributed by atoms with van der Waals surface area (Å²) in [5, 5.41) is 0.423. The number of hydrogen-bond donors (Lipinski definition) is 1. The van der Waals surface area contributed by atoms with Crippen molar-refractivity contribution in [2.75, 3.05) is 0 Å². The first kappa shape index (κ1) is 10.9. The van der Waals surface area contributed by atoms with Crippen molar-refractivity contribution in [3.63, 3.8) is 0 Å². The minimum absolute atomic E-state index is 0.187. The third-order valence-corrected chi connectivity index (χ3v) is 3.41. The summed E-state index contributed by atoms with van der Waals surface area (Å²) in [6.07, 6.45) is 4.66. The summed E-state index contributed by atoms with van der Waals surface area (Å²) in [7, 11) is 0. The normalized spacial score (nSPS) is 18.6. The minimum atomic E-state index is -0.283. The molecule has 0 spiro atoms. The lowest BCUT2D eigenvalue weighted by atomic mass is 9.80. The molecule has 1 nitrogen and oxygen atoms in total. The fourth-order valence-corrected chi connectivity index (χ4v) is 2.18. The van der Waals surface area contributed by atoms with Gasteiger partial charge in [-0.05, 0) is 24.5 Å². The van der Waals surface area contributed by atoms with E-state index in [0.717, 1.165) is 6.42 Å². The smallest absolute Gasteiger partial charge is 0.129 e. The summed E-state index contributed by atoms with van der Waals surface area (Å²) in [4.78, 5) is 0. The summed E-state index contributed by atoms with van der Waals surface area (Å²) in [5.41, 5.74) is 6.56. The molecule has 0 radical (unpaired) electrons. The van der Waals surface area contributed by atoms with E-state index < -0.39 is 0 Å². The molecule has 1 unspecified atom stereocenters. The highest BCUT2D eigenvalue weighted by Gasteiger charge is 2.22. The molecule has 1 aliphatic carbocycles. The van der Waals surface area contributed by atoms with Crippen molar-refractivity contribution in [1.82, 2.24) is 0 Å². The maximum atomic E-state index is 13.5. The predicted molar refractivity (Wildman–Crippen MR) is 60.3 cm³/mol. The Labute approximate surface area is 94.4 Å². The second-order valence-electron chi connectivity index (χ2n) is 4.30. The lowest BCUT2D eigenvalue weighted by Gasteiger charge is -2.28. The maximum absolute atomic E-state index is 13.5. The van der Waals surface area contributed by atoms with Crippen molar-refractivity contribution < 1.29 is 4.39 Å². The Hall–Kier alpha value is -0.600. The first-order valence-electron chi connectivity index (χ1n) is 5.37. The third-order valence-electron chi connectivity index (χ3n) is 3.17. The molecule has 0 bridgehead atoms. The molecule has 1 aliphatic rings. The topological polar surface area (TPSA) is 26.0 Å². The molecule has 1 saturated carbocycles. The van der Waals surface area contributed by atoms with Crippen molar-refractivity contribution >= 4 is 11.6 Å². The number of hydrogen-bond acceptors (Lipinski definition) is 1. The van der Waals surface area contributed by atoms with E-state index in [0.29, 0.717) is 16.5 Å². The molecule has 82 valence electrons. The summed E-state index contributed by atoms with van der Waals surface area (Å²) in [6, 6.07) is 4.53. The Bertz CT molecular complexity index is 349. The van der Waals surface area contributed by atoms with Gasteiger partial charge in [0.2, 0.25) is 0 Å². The fraction of sp³-hybridized carbons (Fsp3) is 0.500. The van der Waals surface area contributed by atoms with Crippen LogP contribution in [0.15, 0.2) is 18.2 Å². The van der Waals surface area contributed by atoms with Crippen LogP contribution >= 0.6 is 11.6 Å². The molecule has 1 atom stereocenters. The zero-order valence-electron chi connectivity index (χ0n) is 8.55. The Morgan fingerprint density at radius 2 is 2.20 bits per heavy atom. The van der Waals surface area contributed by atoms with Crippen LogP contribution in [-0.2, 0) is 0 Å². The van der Waals surface area contributed by atoms with Gasteiger partial charge in [0.05, 0.1) is 0 Å². The van der Waals surface area contributed by atoms with E-state index in [-0.39, 0.29) is 11.9 Å². The molecule has 1 fully saturated rings. The monoisotopic (exact) mass is 227 g/mol. The molecule has 1 aromatic rings. The van der Waals surface area contributed by atoms with Gasteiger partial charge in [0.1, 0.15) is 5.82 Å². The van der Waals surface area contributed by atoms with Crippen LogP contribution in [0.5, 0.6) is 0 Å². The van der Waals surface area contributed by atoms with Gasteiger partial charge in [-0.1, -0.05) is 36.9 Å². The van der Waals surface area contributed by atoms with Crippen LogP contribution in [-0.4, -0.2) is 0 Å². The zero-order chi connectivity index (χ0) is 10.8. The molecule has 1 aromatic carbocycles. The maximum Gasteiger partial charge on any atom is 0.129 e. The average molecular weight is 228 g/mol. The molecular weight excluding hydrogens is 213 g/mol. The van der Waals surface area contributed by atoms with Gasteiger partial charge in [-0.25, -0.2) is 4.39 Å². The number of benzene rings is 1. The van der Waals surface area contributed by atoms with Gasteiger partial charge in [0.25, 0.3) is 0 Å². The van der Waals surface area contributed by atoms with Crippen LogP contribution in [0.25, 0.3) is 0 Å². The number of rotatable bonds is 3. The number of nitrogens with two attached hydrogens (primary N) is 1. The molecule has 0 aliphatic heterocycles. The van der Waals surface area contributed by atoms with E-state index in [1.807, 2.05) is 0 Å². The van der Waals surface area contributed by atoms with Crippen LogP contribution in [0.1, 0.15) is 37.3 Å². The molecule has 3 heteroatoms. The Morgan fingerprint density at radius 3 is 2.73 bits per heavy atom. The van der Waals surface area contributed by atoms with Gasteiger partial charge < -0.3 is 5.73 Å². The van der Waals surface area contributed by atoms with Crippen LogP contribution in [0.3, 0.4) is 0 Å². The van der Waals surface area contributed by atoms with Crippen molar-refractivity contribution in [1.29, 1.82) is 0 Å². The third kappa shape index (κ3) is 2.50. The highest BCUT2D eigenvalue weighted by molar-refractivity contribution is 6.30. The predicted octanol–water partition coefficient (Wildman–Crippen LogP) is 3.67. The first-order chi connectivity index (χ1) is 7.16. The zero-order valence-corrected chi connectivity index (χ0v) is 9.30. The first-order valence-corrected chi connectivity index (χ1v) is 5.75. The Balaban J connectivity index is 2.06. The second-order valence-corrected chi connectivity index (χ2v) is 4.74. The molecule has 0 amide bonds. The van der Waals surface area contributed by atoms with E-state index >= 15 is 0 Å². The molecule has 0 heterocycles. The largest absolute Gasteiger partial charge is 0.324 e. The van der Waals surface area contributed by atoms with Crippen molar-refractivity contribution in [2.45, 2.75) is 31.7 Å². The van der Waals surface area contributed by atoms with Gasteiger partial charge in [-0.15, -0.1) is 0 Å². The molecular formula is C12H15ClFN. The van der Waals surface area contributed by atoms with Crippen molar-refractivity contribution in [2.24, 2.45) is 11.7 Å². The highest BCUT2D eigenvalue weighted by atomic mass is 35.5. The van der Waals surface area contributed by atoms with Crippen molar-refractivity contribution in [3.8, 4) is 0 Å². The van der Waals surface area contributed by atoms with E-state index in [1.165, 1.54) is 25.3 Å². The van der Waals surface area contributed by atoms with E-state index in [9.17, 15) is 4.39 Å². The lowest BCUT2D eigenvalue weighted by molar-refractivity contribution is 0.275. The molecule has 2 rings (SSSR count). The minimum Gasteiger partial charge on any atom is -0.324 e. The average Bonchev–Trinajstić information content (AvgIpc) is 2.11. The van der Waals surface area contributed by atoms with E-state index in [4.69, 9.17) is 17.3 Å². The van der Waals surface area contributed by atoms with E-state index in [2.05, 4.69) is 0 Å².